The number of carbonyl (C=O) groups excluding carboxylic acids is 2. The first-order valence-electron chi connectivity index (χ1n) is 8.29. The molecule has 0 aliphatic carbocycles. The summed E-state index contributed by atoms with van der Waals surface area (Å²) in [6.07, 6.45) is 0. The lowest BCUT2D eigenvalue weighted by atomic mass is 10.2. The minimum absolute atomic E-state index is 0.0994. The Bertz CT molecular complexity index is 972. The molecule has 0 spiro atoms. The first kappa shape index (κ1) is 19.3. The van der Waals surface area contributed by atoms with Crippen molar-refractivity contribution in [3.05, 3.63) is 64.1 Å². The second-order valence-electron chi connectivity index (χ2n) is 5.63. The second-order valence-corrected chi connectivity index (χ2v) is 6.61. The van der Waals surface area contributed by atoms with Gasteiger partial charge in [-0.15, -0.1) is 10.2 Å². The lowest BCUT2D eigenvalue weighted by molar-refractivity contribution is 0.0948. The maximum atomic E-state index is 12.3. The zero-order valence-corrected chi connectivity index (χ0v) is 16.1. The topological polar surface area (TPSA) is 102 Å². The minimum atomic E-state index is -0.436. The van der Waals surface area contributed by atoms with Gasteiger partial charge >= 0.3 is 0 Å². The van der Waals surface area contributed by atoms with Crippen LogP contribution in [0.4, 0.5) is 5.69 Å². The number of nitrogens with one attached hydrogen (secondary N) is 2. The van der Waals surface area contributed by atoms with Gasteiger partial charge in [0.25, 0.3) is 11.8 Å². The summed E-state index contributed by atoms with van der Waals surface area (Å²) in [6, 6.07) is 14.2. The van der Waals surface area contributed by atoms with Gasteiger partial charge in [0.2, 0.25) is 10.0 Å². The third-order valence-electron chi connectivity index (χ3n) is 3.75. The molecule has 8 nitrogen and oxygen atoms in total. The molecule has 3 aromatic rings. The largest absolute Gasteiger partial charge is 0.497 e. The van der Waals surface area contributed by atoms with Crippen molar-refractivity contribution in [1.82, 2.24) is 15.5 Å². The number of nitrogens with zero attached hydrogens (tertiary/aromatic N) is 2. The molecule has 0 radical (unpaired) electrons. The maximum Gasteiger partial charge on any atom is 0.286 e. The average Bonchev–Trinajstić information content (AvgIpc) is 3.23. The third-order valence-corrected chi connectivity index (χ3v) is 4.67. The first-order valence-corrected chi connectivity index (χ1v) is 9.10. The summed E-state index contributed by atoms with van der Waals surface area (Å²) in [7, 11) is 3.15. The Morgan fingerprint density at radius 3 is 2.29 bits per heavy atom. The van der Waals surface area contributed by atoms with Crippen LogP contribution in [0.3, 0.4) is 0 Å². The predicted molar refractivity (Wildman–Crippen MR) is 105 cm³/mol. The lowest BCUT2D eigenvalue weighted by Gasteiger charge is -2.05. The number of methoxy groups -OCH3 is 2. The van der Waals surface area contributed by atoms with Gasteiger partial charge in [0.15, 0.2) is 0 Å². The van der Waals surface area contributed by atoms with Gasteiger partial charge in [-0.05, 0) is 42.0 Å². The number of rotatable bonds is 7. The van der Waals surface area contributed by atoms with Crippen LogP contribution in [-0.2, 0) is 6.54 Å². The highest BCUT2D eigenvalue weighted by atomic mass is 32.1. The molecule has 1 aromatic heterocycles. The van der Waals surface area contributed by atoms with Crippen LogP contribution in [-0.4, -0.2) is 36.2 Å². The van der Waals surface area contributed by atoms with E-state index in [9.17, 15) is 9.59 Å². The van der Waals surface area contributed by atoms with E-state index < -0.39 is 11.8 Å². The van der Waals surface area contributed by atoms with Gasteiger partial charge in [-0.2, -0.15) is 0 Å². The van der Waals surface area contributed by atoms with Crippen LogP contribution in [0.25, 0.3) is 0 Å². The van der Waals surface area contributed by atoms with E-state index in [1.165, 1.54) is 0 Å². The second kappa shape index (κ2) is 8.96. The Kier molecular flexibility index (Phi) is 6.18. The standard InChI is InChI=1S/C19H18N4O4S/c1-26-14-8-6-13(7-9-14)21-17(25)19-23-22-18(28-19)16(24)20-11-12-4-3-5-15(10-12)27-2/h3-10H,11H2,1-2H3,(H,20,24)(H,21,25). The van der Waals surface area contributed by atoms with E-state index in [0.29, 0.717) is 23.7 Å². The average molecular weight is 398 g/mol. The number of ether oxygens (including phenoxy) is 2. The fraction of sp³-hybridized carbons (Fsp3) is 0.158. The molecule has 2 N–H and O–H groups in total. The van der Waals surface area contributed by atoms with Crippen molar-refractivity contribution in [3.63, 3.8) is 0 Å². The molecule has 0 aliphatic rings. The zero-order valence-electron chi connectivity index (χ0n) is 15.3. The normalized spacial score (nSPS) is 10.2. The molecule has 2 aromatic carbocycles. The van der Waals surface area contributed by atoms with Crippen molar-refractivity contribution in [3.8, 4) is 11.5 Å². The summed E-state index contributed by atoms with van der Waals surface area (Å²) < 4.78 is 10.2. The highest BCUT2D eigenvalue weighted by Gasteiger charge is 2.17. The molecule has 0 unspecified atom stereocenters. The monoisotopic (exact) mass is 398 g/mol. The van der Waals surface area contributed by atoms with Crippen molar-refractivity contribution in [2.75, 3.05) is 19.5 Å². The molecule has 0 bridgehead atoms. The Morgan fingerprint density at radius 1 is 0.929 bits per heavy atom. The van der Waals surface area contributed by atoms with Gasteiger partial charge in [-0.25, -0.2) is 0 Å². The summed E-state index contributed by atoms with van der Waals surface area (Å²) in [4.78, 5) is 24.5. The smallest absolute Gasteiger partial charge is 0.286 e. The third kappa shape index (κ3) is 4.83. The van der Waals surface area contributed by atoms with Crippen molar-refractivity contribution in [1.29, 1.82) is 0 Å². The van der Waals surface area contributed by atoms with Crippen LogP contribution in [0.1, 0.15) is 25.2 Å². The van der Waals surface area contributed by atoms with Crippen LogP contribution in [0, 0.1) is 0 Å². The minimum Gasteiger partial charge on any atom is -0.497 e. The van der Waals surface area contributed by atoms with E-state index >= 15 is 0 Å². The molecule has 0 aliphatic heterocycles. The number of hydrogen-bond donors (Lipinski definition) is 2. The number of hydrogen-bond acceptors (Lipinski definition) is 7. The number of anilines is 1. The van der Waals surface area contributed by atoms with Gasteiger partial charge in [0.1, 0.15) is 11.5 Å². The van der Waals surface area contributed by atoms with Crippen molar-refractivity contribution >= 4 is 28.8 Å². The summed E-state index contributed by atoms with van der Waals surface area (Å²) in [5.74, 6) is 0.558. The van der Waals surface area contributed by atoms with Crippen molar-refractivity contribution in [2.45, 2.75) is 6.54 Å². The molecule has 28 heavy (non-hydrogen) atoms. The summed E-state index contributed by atoms with van der Waals surface area (Å²) in [6.45, 7) is 0.309. The van der Waals surface area contributed by atoms with E-state index in [4.69, 9.17) is 9.47 Å². The molecule has 144 valence electrons. The van der Waals surface area contributed by atoms with Gasteiger partial charge in [0.05, 0.1) is 14.2 Å². The summed E-state index contributed by atoms with van der Waals surface area (Å²) in [5, 5.41) is 13.3. The highest BCUT2D eigenvalue weighted by Crippen LogP contribution is 2.17. The fourth-order valence-corrected chi connectivity index (χ4v) is 2.96. The molecule has 0 fully saturated rings. The molecule has 1 heterocycles. The van der Waals surface area contributed by atoms with Crippen LogP contribution in [0.2, 0.25) is 0 Å². The highest BCUT2D eigenvalue weighted by molar-refractivity contribution is 7.15. The SMILES string of the molecule is COc1ccc(NC(=O)c2nnc(C(=O)NCc3cccc(OC)c3)s2)cc1. The quantitative estimate of drug-likeness (QED) is 0.634. The van der Waals surface area contributed by atoms with Gasteiger partial charge in [-0.3, -0.25) is 9.59 Å². The van der Waals surface area contributed by atoms with Crippen LogP contribution in [0.5, 0.6) is 11.5 Å². The molecule has 3 rings (SSSR count). The summed E-state index contributed by atoms with van der Waals surface area (Å²) >= 11 is 0.923. The van der Waals surface area contributed by atoms with Crippen LogP contribution < -0.4 is 20.1 Å². The lowest BCUT2D eigenvalue weighted by Crippen LogP contribution is -2.22. The van der Waals surface area contributed by atoms with E-state index in [0.717, 1.165) is 16.9 Å². The number of benzene rings is 2. The van der Waals surface area contributed by atoms with Gasteiger partial charge in [-0.1, -0.05) is 23.5 Å². The summed E-state index contributed by atoms with van der Waals surface area (Å²) in [5.41, 5.74) is 1.47. The van der Waals surface area contributed by atoms with Gasteiger partial charge < -0.3 is 20.1 Å². The Balaban J connectivity index is 1.58. The number of carbonyl (C=O) groups is 2. The first-order chi connectivity index (χ1) is 13.6. The zero-order chi connectivity index (χ0) is 19.9. The molecule has 2 amide bonds. The fourth-order valence-electron chi connectivity index (χ4n) is 2.31. The van der Waals surface area contributed by atoms with Gasteiger partial charge in [0, 0.05) is 12.2 Å². The molecular formula is C19H18N4O4S. The van der Waals surface area contributed by atoms with Crippen LogP contribution >= 0.6 is 11.3 Å². The number of amides is 2. The van der Waals surface area contributed by atoms with Crippen molar-refractivity contribution < 1.29 is 19.1 Å². The molecular weight excluding hydrogens is 380 g/mol. The maximum absolute atomic E-state index is 12.3. The molecule has 0 saturated heterocycles. The van der Waals surface area contributed by atoms with E-state index in [1.54, 1.807) is 38.5 Å². The van der Waals surface area contributed by atoms with Crippen molar-refractivity contribution in [2.24, 2.45) is 0 Å². The Labute approximate surface area is 165 Å². The predicted octanol–water partition coefficient (Wildman–Crippen LogP) is 2.74. The Hall–Kier alpha value is -3.46. The molecule has 9 heteroatoms. The number of aromatic nitrogens is 2. The Morgan fingerprint density at radius 2 is 1.61 bits per heavy atom. The molecule has 0 saturated carbocycles. The van der Waals surface area contributed by atoms with E-state index in [-0.39, 0.29) is 10.0 Å². The molecule has 0 atom stereocenters. The van der Waals surface area contributed by atoms with E-state index in [2.05, 4.69) is 20.8 Å². The van der Waals surface area contributed by atoms with E-state index in [1.807, 2.05) is 24.3 Å². The van der Waals surface area contributed by atoms with Crippen LogP contribution in [0.15, 0.2) is 48.5 Å².